The van der Waals surface area contributed by atoms with Gasteiger partial charge in [0.25, 0.3) is 5.91 Å². The van der Waals surface area contributed by atoms with E-state index in [4.69, 9.17) is 15.9 Å². The maximum Gasteiger partial charge on any atom is 0.288 e. The molecular weight excluding hydrogens is 293 g/mol. The van der Waals surface area contributed by atoms with Crippen molar-refractivity contribution in [3.8, 4) is 11.3 Å². The van der Waals surface area contributed by atoms with Gasteiger partial charge in [0.05, 0.1) is 0 Å². The monoisotopic (exact) mass is 305 g/mol. The maximum atomic E-state index is 12.8. The Morgan fingerprint density at radius 3 is 2.14 bits per heavy atom. The summed E-state index contributed by atoms with van der Waals surface area (Å²) >= 11 is 0. The van der Waals surface area contributed by atoms with Crippen molar-refractivity contribution in [1.82, 2.24) is 5.32 Å². The summed E-state index contributed by atoms with van der Waals surface area (Å²) in [5.74, 6) is -3.21. The lowest BCUT2D eigenvalue weighted by Gasteiger charge is -2.10. The van der Waals surface area contributed by atoms with Crippen LogP contribution in [0, 0.1) is 5.82 Å². The van der Waals surface area contributed by atoms with Crippen molar-refractivity contribution in [2.75, 3.05) is 0 Å². The van der Waals surface area contributed by atoms with Crippen LogP contribution in [0.25, 0.3) is 11.3 Å². The van der Waals surface area contributed by atoms with E-state index in [9.17, 15) is 18.8 Å². The number of carbonyl (C=O) groups excluding carboxylic acids is 3. The molecule has 3 amide bonds. The van der Waals surface area contributed by atoms with Gasteiger partial charge in [0.15, 0.2) is 11.8 Å². The molecule has 1 aromatic heterocycles. The summed E-state index contributed by atoms with van der Waals surface area (Å²) in [6.07, 6.45) is 0. The molecule has 22 heavy (non-hydrogen) atoms. The summed E-state index contributed by atoms with van der Waals surface area (Å²) in [4.78, 5) is 33.9. The number of amides is 3. The summed E-state index contributed by atoms with van der Waals surface area (Å²) in [6, 6.07) is 6.64. The van der Waals surface area contributed by atoms with Gasteiger partial charge in [0, 0.05) is 5.56 Å². The van der Waals surface area contributed by atoms with Gasteiger partial charge in [-0.1, -0.05) is 0 Å². The van der Waals surface area contributed by atoms with Crippen LogP contribution in [0.3, 0.4) is 0 Å². The second kappa shape index (κ2) is 6.08. The highest BCUT2D eigenvalue weighted by Crippen LogP contribution is 2.22. The molecule has 7 nitrogen and oxygen atoms in total. The molecule has 1 aromatic carbocycles. The number of rotatable bonds is 5. The Bertz CT molecular complexity index is 710. The van der Waals surface area contributed by atoms with E-state index in [1.165, 1.54) is 36.4 Å². The molecule has 0 aliphatic heterocycles. The smallest absolute Gasteiger partial charge is 0.288 e. The van der Waals surface area contributed by atoms with E-state index in [1.54, 1.807) is 0 Å². The van der Waals surface area contributed by atoms with Gasteiger partial charge in [-0.2, -0.15) is 0 Å². The van der Waals surface area contributed by atoms with Crippen molar-refractivity contribution in [3.05, 3.63) is 48.0 Å². The number of nitrogens with two attached hydrogens (primary N) is 2. The number of benzene rings is 1. The minimum atomic E-state index is -1.63. The van der Waals surface area contributed by atoms with Crippen molar-refractivity contribution in [2.24, 2.45) is 11.5 Å². The standard InChI is InChI=1S/C14H12FN3O4/c15-8-3-1-7(2-4-8)9-5-6-10(22-9)14(21)18-11(12(16)19)13(17)20/h1-6,11H,(H2,16,19)(H2,17,20)(H,18,21). The van der Waals surface area contributed by atoms with Crippen LogP contribution in [0.1, 0.15) is 10.6 Å². The molecular formula is C14H12FN3O4. The van der Waals surface area contributed by atoms with E-state index in [-0.39, 0.29) is 5.76 Å². The summed E-state index contributed by atoms with van der Waals surface area (Å²) in [6.45, 7) is 0. The summed E-state index contributed by atoms with van der Waals surface area (Å²) in [7, 11) is 0. The molecule has 0 spiro atoms. The van der Waals surface area contributed by atoms with Crippen LogP contribution in [-0.4, -0.2) is 23.8 Å². The molecule has 2 rings (SSSR count). The van der Waals surface area contributed by atoms with Crippen LogP contribution in [-0.2, 0) is 9.59 Å². The second-order valence-electron chi connectivity index (χ2n) is 4.38. The molecule has 0 aliphatic rings. The molecule has 0 saturated heterocycles. The van der Waals surface area contributed by atoms with Gasteiger partial charge in [-0.3, -0.25) is 14.4 Å². The predicted molar refractivity (Wildman–Crippen MR) is 73.7 cm³/mol. The first-order valence-corrected chi connectivity index (χ1v) is 6.14. The molecule has 0 atom stereocenters. The fourth-order valence-electron chi connectivity index (χ4n) is 1.71. The Morgan fingerprint density at radius 2 is 1.59 bits per heavy atom. The molecule has 1 heterocycles. The second-order valence-corrected chi connectivity index (χ2v) is 4.38. The van der Waals surface area contributed by atoms with Crippen molar-refractivity contribution < 1.29 is 23.2 Å². The largest absolute Gasteiger partial charge is 0.451 e. The Balaban J connectivity index is 2.17. The number of halogens is 1. The Morgan fingerprint density at radius 1 is 1.00 bits per heavy atom. The van der Waals surface area contributed by atoms with Crippen LogP contribution in [0.5, 0.6) is 0 Å². The number of primary amides is 2. The fraction of sp³-hybridized carbons (Fsp3) is 0.0714. The van der Waals surface area contributed by atoms with Crippen molar-refractivity contribution in [3.63, 3.8) is 0 Å². The minimum absolute atomic E-state index is 0.146. The molecule has 0 bridgehead atoms. The Hall–Kier alpha value is -3.16. The van der Waals surface area contributed by atoms with Gasteiger partial charge in [-0.05, 0) is 36.4 Å². The van der Waals surface area contributed by atoms with Gasteiger partial charge in [0.1, 0.15) is 11.6 Å². The fourth-order valence-corrected chi connectivity index (χ4v) is 1.71. The van der Waals surface area contributed by atoms with Gasteiger partial charge < -0.3 is 21.2 Å². The van der Waals surface area contributed by atoms with Crippen LogP contribution in [0.4, 0.5) is 4.39 Å². The topological polar surface area (TPSA) is 128 Å². The van der Waals surface area contributed by atoms with Gasteiger partial charge in [-0.25, -0.2) is 4.39 Å². The zero-order chi connectivity index (χ0) is 16.3. The molecule has 114 valence electrons. The molecule has 2 aromatic rings. The van der Waals surface area contributed by atoms with Gasteiger partial charge in [0.2, 0.25) is 11.8 Å². The van der Waals surface area contributed by atoms with Crippen LogP contribution in [0.15, 0.2) is 40.8 Å². The third-order valence-corrected chi connectivity index (χ3v) is 2.80. The molecule has 0 fully saturated rings. The van der Waals surface area contributed by atoms with E-state index in [0.29, 0.717) is 11.3 Å². The number of hydrogen-bond acceptors (Lipinski definition) is 4. The first kappa shape index (κ1) is 15.2. The van der Waals surface area contributed by atoms with E-state index < -0.39 is 29.6 Å². The molecule has 5 N–H and O–H groups in total. The average molecular weight is 305 g/mol. The molecule has 0 unspecified atom stereocenters. The predicted octanol–water partition coefficient (Wildman–Crippen LogP) is 0.155. The van der Waals surface area contributed by atoms with E-state index >= 15 is 0 Å². The maximum absolute atomic E-state index is 12.8. The number of furan rings is 1. The van der Waals surface area contributed by atoms with Gasteiger partial charge in [-0.15, -0.1) is 0 Å². The minimum Gasteiger partial charge on any atom is -0.451 e. The van der Waals surface area contributed by atoms with E-state index in [0.717, 1.165) is 0 Å². The zero-order valence-corrected chi connectivity index (χ0v) is 11.2. The number of hydrogen-bond donors (Lipinski definition) is 3. The SMILES string of the molecule is NC(=O)C(NC(=O)c1ccc(-c2ccc(F)cc2)o1)C(N)=O. The molecule has 0 saturated carbocycles. The van der Waals surface area contributed by atoms with Crippen LogP contribution >= 0.6 is 0 Å². The Labute approximate surface area is 124 Å². The third-order valence-electron chi connectivity index (χ3n) is 2.80. The van der Waals surface area contributed by atoms with E-state index in [1.807, 2.05) is 0 Å². The highest BCUT2D eigenvalue weighted by Gasteiger charge is 2.25. The highest BCUT2D eigenvalue weighted by molar-refractivity contribution is 6.07. The summed E-state index contributed by atoms with van der Waals surface area (Å²) < 4.78 is 18.1. The summed E-state index contributed by atoms with van der Waals surface area (Å²) in [5, 5.41) is 2.06. The molecule has 0 aliphatic carbocycles. The van der Waals surface area contributed by atoms with Crippen molar-refractivity contribution >= 4 is 17.7 Å². The van der Waals surface area contributed by atoms with Crippen LogP contribution < -0.4 is 16.8 Å². The quantitative estimate of drug-likeness (QED) is 0.679. The zero-order valence-electron chi connectivity index (χ0n) is 11.2. The highest BCUT2D eigenvalue weighted by atomic mass is 19.1. The normalized spacial score (nSPS) is 10.5. The van der Waals surface area contributed by atoms with Crippen molar-refractivity contribution in [1.29, 1.82) is 0 Å². The lowest BCUT2D eigenvalue weighted by atomic mass is 10.2. The molecule has 8 heteroatoms. The lowest BCUT2D eigenvalue weighted by molar-refractivity contribution is -0.128. The Kier molecular flexibility index (Phi) is 4.21. The first-order valence-electron chi connectivity index (χ1n) is 6.14. The summed E-state index contributed by atoms with van der Waals surface area (Å²) in [5.41, 5.74) is 10.5. The lowest BCUT2D eigenvalue weighted by Crippen LogP contribution is -2.52. The molecule has 0 radical (unpaired) electrons. The van der Waals surface area contributed by atoms with Crippen molar-refractivity contribution in [2.45, 2.75) is 6.04 Å². The van der Waals surface area contributed by atoms with Gasteiger partial charge >= 0.3 is 0 Å². The first-order chi connectivity index (χ1) is 10.4. The van der Waals surface area contributed by atoms with Crippen LogP contribution in [0.2, 0.25) is 0 Å². The average Bonchev–Trinajstić information content (AvgIpc) is 2.94. The third kappa shape index (κ3) is 3.29. The number of nitrogens with one attached hydrogen (secondary N) is 1. The van der Waals surface area contributed by atoms with E-state index in [2.05, 4.69) is 5.32 Å². The number of carbonyl (C=O) groups is 3.